The number of carboxylic acid groups (broad SMARTS) is 1. The average Bonchev–Trinajstić information content (AvgIpc) is 2.99. The van der Waals surface area contributed by atoms with Crippen LogP contribution in [0.4, 0.5) is 5.95 Å². The maximum atomic E-state index is 11.4. The fourth-order valence-electron chi connectivity index (χ4n) is 3.65. The van der Waals surface area contributed by atoms with Crippen LogP contribution in [0.15, 0.2) is 12.4 Å². The van der Waals surface area contributed by atoms with Gasteiger partial charge in [-0.3, -0.25) is 9.69 Å². The number of morpholine rings is 1. The zero-order valence-electron chi connectivity index (χ0n) is 14.2. The maximum absolute atomic E-state index is 11.4. The Morgan fingerprint density at radius 3 is 2.62 bits per heavy atom. The van der Waals surface area contributed by atoms with Crippen LogP contribution in [0.25, 0.3) is 0 Å². The summed E-state index contributed by atoms with van der Waals surface area (Å²) in [6.07, 6.45) is 5.72. The first-order chi connectivity index (χ1) is 11.7. The van der Waals surface area contributed by atoms with Gasteiger partial charge in [0, 0.05) is 50.7 Å². The Kier molecular flexibility index (Phi) is 5.63. The summed E-state index contributed by atoms with van der Waals surface area (Å²) in [6.45, 7) is 7.37. The highest BCUT2D eigenvalue weighted by Gasteiger charge is 2.36. The molecule has 0 unspecified atom stereocenters. The Labute approximate surface area is 142 Å². The van der Waals surface area contributed by atoms with Crippen LogP contribution >= 0.6 is 0 Å². The molecule has 2 saturated heterocycles. The van der Waals surface area contributed by atoms with E-state index in [0.717, 1.165) is 44.0 Å². The first-order valence-electron chi connectivity index (χ1n) is 8.76. The Bertz CT molecular complexity index is 545. The van der Waals surface area contributed by atoms with Crippen LogP contribution in [0, 0.1) is 11.8 Å². The molecule has 3 heterocycles. The molecule has 24 heavy (non-hydrogen) atoms. The number of carboxylic acids is 1. The first-order valence-corrected chi connectivity index (χ1v) is 8.76. The molecule has 7 heteroatoms. The molecule has 1 N–H and O–H groups in total. The maximum Gasteiger partial charge on any atom is 0.308 e. The lowest BCUT2D eigenvalue weighted by Gasteiger charge is -2.26. The fourth-order valence-corrected chi connectivity index (χ4v) is 3.65. The van der Waals surface area contributed by atoms with Gasteiger partial charge in [0.15, 0.2) is 0 Å². The topological polar surface area (TPSA) is 78.8 Å². The lowest BCUT2D eigenvalue weighted by Crippen LogP contribution is -2.37. The van der Waals surface area contributed by atoms with Crippen molar-refractivity contribution >= 4 is 11.9 Å². The SMILES string of the molecule is CCC[C@@H]1CN(Cc2cnc(N3CCOCC3)nc2)C[C@H]1C(=O)O. The van der Waals surface area contributed by atoms with Crippen LogP contribution in [0.3, 0.4) is 0 Å². The third-order valence-electron chi connectivity index (χ3n) is 4.89. The van der Waals surface area contributed by atoms with Gasteiger partial charge in [0.2, 0.25) is 5.95 Å². The van der Waals surface area contributed by atoms with Crippen molar-refractivity contribution in [2.45, 2.75) is 26.3 Å². The predicted molar refractivity (Wildman–Crippen MR) is 89.9 cm³/mol. The molecule has 0 aromatic carbocycles. The van der Waals surface area contributed by atoms with E-state index < -0.39 is 5.97 Å². The number of hydrogen-bond acceptors (Lipinski definition) is 6. The fraction of sp³-hybridized carbons (Fsp3) is 0.706. The molecule has 132 valence electrons. The van der Waals surface area contributed by atoms with Crippen LogP contribution in [-0.4, -0.2) is 65.3 Å². The van der Waals surface area contributed by atoms with Gasteiger partial charge < -0.3 is 14.7 Å². The lowest BCUT2D eigenvalue weighted by molar-refractivity contribution is -0.142. The van der Waals surface area contributed by atoms with Crippen LogP contribution in [0.1, 0.15) is 25.3 Å². The number of rotatable bonds is 6. The van der Waals surface area contributed by atoms with Crippen molar-refractivity contribution in [1.82, 2.24) is 14.9 Å². The van der Waals surface area contributed by atoms with E-state index in [0.29, 0.717) is 26.3 Å². The van der Waals surface area contributed by atoms with Gasteiger partial charge in [-0.05, 0) is 12.3 Å². The Hall–Kier alpha value is -1.73. The number of hydrogen-bond donors (Lipinski definition) is 1. The second kappa shape index (κ2) is 7.90. The van der Waals surface area contributed by atoms with E-state index in [9.17, 15) is 9.90 Å². The van der Waals surface area contributed by atoms with Crippen molar-refractivity contribution in [3.8, 4) is 0 Å². The van der Waals surface area contributed by atoms with Gasteiger partial charge >= 0.3 is 5.97 Å². The van der Waals surface area contributed by atoms with Crippen LogP contribution < -0.4 is 4.90 Å². The first kappa shape index (κ1) is 17.1. The second-order valence-electron chi connectivity index (χ2n) is 6.68. The molecule has 3 rings (SSSR count). The summed E-state index contributed by atoms with van der Waals surface area (Å²) in [5.74, 6) is 0.0742. The Balaban J connectivity index is 1.58. The van der Waals surface area contributed by atoms with Crippen molar-refractivity contribution in [1.29, 1.82) is 0 Å². The van der Waals surface area contributed by atoms with Crippen LogP contribution in [0.5, 0.6) is 0 Å². The van der Waals surface area contributed by atoms with Gasteiger partial charge in [0.1, 0.15) is 0 Å². The molecule has 7 nitrogen and oxygen atoms in total. The number of nitrogens with zero attached hydrogens (tertiary/aromatic N) is 4. The molecule has 0 radical (unpaired) electrons. The highest BCUT2D eigenvalue weighted by Crippen LogP contribution is 2.28. The van der Waals surface area contributed by atoms with Gasteiger partial charge in [-0.1, -0.05) is 13.3 Å². The zero-order chi connectivity index (χ0) is 16.9. The molecular weight excluding hydrogens is 308 g/mol. The van der Waals surface area contributed by atoms with E-state index in [1.807, 2.05) is 12.4 Å². The predicted octanol–water partition coefficient (Wildman–Crippen LogP) is 1.25. The molecule has 2 aliphatic rings. The van der Waals surface area contributed by atoms with E-state index >= 15 is 0 Å². The second-order valence-corrected chi connectivity index (χ2v) is 6.68. The summed E-state index contributed by atoms with van der Waals surface area (Å²) in [4.78, 5) is 24.7. The zero-order valence-corrected chi connectivity index (χ0v) is 14.2. The molecule has 2 atom stereocenters. The quantitative estimate of drug-likeness (QED) is 0.838. The minimum Gasteiger partial charge on any atom is -0.481 e. The molecule has 0 saturated carbocycles. The summed E-state index contributed by atoms with van der Waals surface area (Å²) in [5, 5.41) is 9.41. The van der Waals surface area contributed by atoms with E-state index in [2.05, 4.69) is 26.7 Å². The normalized spacial score (nSPS) is 25.1. The van der Waals surface area contributed by atoms with Gasteiger partial charge in [-0.15, -0.1) is 0 Å². The van der Waals surface area contributed by atoms with Crippen LogP contribution in [-0.2, 0) is 16.1 Å². The Morgan fingerprint density at radius 1 is 1.29 bits per heavy atom. The number of likely N-dealkylation sites (tertiary alicyclic amines) is 1. The van der Waals surface area contributed by atoms with Crippen molar-refractivity contribution in [3.63, 3.8) is 0 Å². The highest BCUT2D eigenvalue weighted by atomic mass is 16.5. The van der Waals surface area contributed by atoms with Crippen molar-refractivity contribution in [2.75, 3.05) is 44.3 Å². The van der Waals surface area contributed by atoms with E-state index in [-0.39, 0.29) is 11.8 Å². The summed E-state index contributed by atoms with van der Waals surface area (Å²) in [5.41, 5.74) is 1.04. The van der Waals surface area contributed by atoms with Gasteiger partial charge in [-0.2, -0.15) is 0 Å². The summed E-state index contributed by atoms with van der Waals surface area (Å²) in [6, 6.07) is 0. The number of anilines is 1. The molecule has 0 spiro atoms. The minimum absolute atomic E-state index is 0.251. The molecule has 1 aromatic heterocycles. The van der Waals surface area contributed by atoms with Gasteiger partial charge in [-0.25, -0.2) is 9.97 Å². The third-order valence-corrected chi connectivity index (χ3v) is 4.89. The molecule has 2 fully saturated rings. The summed E-state index contributed by atoms with van der Waals surface area (Å²) < 4.78 is 5.34. The van der Waals surface area contributed by atoms with Gasteiger partial charge in [0.25, 0.3) is 0 Å². The smallest absolute Gasteiger partial charge is 0.308 e. The molecule has 0 aliphatic carbocycles. The van der Waals surface area contributed by atoms with Gasteiger partial charge in [0.05, 0.1) is 19.1 Å². The van der Waals surface area contributed by atoms with E-state index in [4.69, 9.17) is 4.74 Å². The largest absolute Gasteiger partial charge is 0.481 e. The summed E-state index contributed by atoms with van der Waals surface area (Å²) >= 11 is 0. The number of aromatic nitrogens is 2. The number of ether oxygens (including phenoxy) is 1. The molecular formula is C17H26N4O3. The lowest BCUT2D eigenvalue weighted by atomic mass is 9.92. The standard InChI is InChI=1S/C17H26N4O3/c1-2-3-14-11-20(12-15(14)16(22)23)10-13-8-18-17(19-9-13)21-4-6-24-7-5-21/h8-9,14-15H,2-7,10-12H2,1H3,(H,22,23)/t14-,15-/m1/s1. The molecule has 1 aromatic rings. The van der Waals surface area contributed by atoms with Crippen LogP contribution in [0.2, 0.25) is 0 Å². The minimum atomic E-state index is -0.671. The van der Waals surface area contributed by atoms with Crippen molar-refractivity contribution in [2.24, 2.45) is 11.8 Å². The number of carbonyl (C=O) groups is 1. The molecule has 2 aliphatic heterocycles. The summed E-state index contributed by atoms with van der Waals surface area (Å²) in [7, 11) is 0. The third kappa shape index (κ3) is 4.02. The van der Waals surface area contributed by atoms with Crippen molar-refractivity contribution in [3.05, 3.63) is 18.0 Å². The average molecular weight is 334 g/mol. The van der Waals surface area contributed by atoms with E-state index in [1.54, 1.807) is 0 Å². The van der Waals surface area contributed by atoms with Crippen molar-refractivity contribution < 1.29 is 14.6 Å². The Morgan fingerprint density at radius 2 is 2.00 bits per heavy atom. The highest BCUT2D eigenvalue weighted by molar-refractivity contribution is 5.71. The number of aliphatic carboxylic acids is 1. The molecule has 0 bridgehead atoms. The molecule has 0 amide bonds. The monoisotopic (exact) mass is 334 g/mol. The van der Waals surface area contributed by atoms with E-state index in [1.165, 1.54) is 0 Å².